The number of rotatable bonds is 4. The van der Waals surface area contributed by atoms with E-state index in [1.54, 1.807) is 11.8 Å². The predicted molar refractivity (Wildman–Crippen MR) is 74.1 cm³/mol. The van der Waals surface area contributed by atoms with Gasteiger partial charge in [0.1, 0.15) is 6.07 Å². The molecule has 0 bridgehead atoms. The first-order chi connectivity index (χ1) is 7.96. The van der Waals surface area contributed by atoms with Crippen LogP contribution in [0.4, 0.5) is 0 Å². The van der Waals surface area contributed by atoms with Crippen molar-refractivity contribution >= 4 is 11.8 Å². The molecule has 2 nitrogen and oxygen atoms in total. The molecular formula is C14H20N2S. The number of nitrogens with one attached hydrogen (secondary N) is 1. The Hall–Kier alpha value is -0.980. The third-order valence-electron chi connectivity index (χ3n) is 2.29. The van der Waals surface area contributed by atoms with E-state index < -0.39 is 0 Å². The van der Waals surface area contributed by atoms with Gasteiger partial charge in [0.05, 0.1) is 5.56 Å². The van der Waals surface area contributed by atoms with Crippen molar-refractivity contribution in [3.63, 3.8) is 0 Å². The Labute approximate surface area is 108 Å². The zero-order valence-electron chi connectivity index (χ0n) is 11.0. The van der Waals surface area contributed by atoms with Crippen LogP contribution >= 0.6 is 11.8 Å². The van der Waals surface area contributed by atoms with E-state index in [0.29, 0.717) is 0 Å². The van der Waals surface area contributed by atoms with Crippen molar-refractivity contribution in [2.24, 2.45) is 0 Å². The van der Waals surface area contributed by atoms with E-state index in [1.807, 2.05) is 12.1 Å². The van der Waals surface area contributed by atoms with Crippen LogP contribution < -0.4 is 5.32 Å². The quantitative estimate of drug-likeness (QED) is 0.828. The molecule has 0 saturated heterocycles. The second kappa shape index (κ2) is 6.09. The van der Waals surface area contributed by atoms with E-state index in [-0.39, 0.29) is 5.54 Å². The summed E-state index contributed by atoms with van der Waals surface area (Å²) in [5, 5.41) is 12.5. The average Bonchev–Trinajstić information content (AvgIpc) is 2.27. The van der Waals surface area contributed by atoms with Crippen molar-refractivity contribution in [3.8, 4) is 6.07 Å². The van der Waals surface area contributed by atoms with E-state index in [0.717, 1.165) is 28.3 Å². The van der Waals surface area contributed by atoms with Crippen LogP contribution in [0.3, 0.4) is 0 Å². The van der Waals surface area contributed by atoms with Gasteiger partial charge in [-0.1, -0.05) is 13.0 Å². The predicted octanol–water partition coefficient (Wildman–Crippen LogP) is 3.56. The molecule has 0 aliphatic carbocycles. The standard InChI is InChI=1S/C14H20N2S/c1-5-17-13-7-6-11(8-12(13)9-15)10-16-14(2,3)4/h6-8,16H,5,10H2,1-4H3. The van der Waals surface area contributed by atoms with Gasteiger partial charge in [0.25, 0.3) is 0 Å². The molecule has 0 aromatic heterocycles. The van der Waals surface area contributed by atoms with Crippen molar-refractivity contribution < 1.29 is 0 Å². The minimum atomic E-state index is 0.101. The Bertz CT molecular complexity index is 413. The first-order valence-electron chi connectivity index (χ1n) is 5.87. The van der Waals surface area contributed by atoms with E-state index in [2.05, 4.69) is 45.1 Å². The van der Waals surface area contributed by atoms with Crippen molar-refractivity contribution in [3.05, 3.63) is 29.3 Å². The Kier molecular flexibility index (Phi) is 5.04. The lowest BCUT2D eigenvalue weighted by Gasteiger charge is -2.20. The summed E-state index contributed by atoms with van der Waals surface area (Å²) >= 11 is 1.72. The average molecular weight is 248 g/mol. The van der Waals surface area contributed by atoms with Crippen LogP contribution in [0.15, 0.2) is 23.1 Å². The molecule has 3 heteroatoms. The molecule has 17 heavy (non-hydrogen) atoms. The third kappa shape index (κ3) is 4.80. The summed E-state index contributed by atoms with van der Waals surface area (Å²) in [6, 6.07) is 8.40. The Morgan fingerprint density at radius 2 is 2.06 bits per heavy atom. The third-order valence-corrected chi connectivity index (χ3v) is 3.24. The molecule has 0 amide bonds. The molecule has 0 heterocycles. The first-order valence-corrected chi connectivity index (χ1v) is 6.85. The van der Waals surface area contributed by atoms with Gasteiger partial charge in [-0.05, 0) is 44.2 Å². The van der Waals surface area contributed by atoms with E-state index in [1.165, 1.54) is 0 Å². The van der Waals surface area contributed by atoms with Crippen LogP contribution in [0, 0.1) is 11.3 Å². The van der Waals surface area contributed by atoms with Crippen molar-refractivity contribution in [2.75, 3.05) is 5.75 Å². The largest absolute Gasteiger partial charge is 0.308 e. The summed E-state index contributed by atoms with van der Waals surface area (Å²) in [4.78, 5) is 1.08. The van der Waals surface area contributed by atoms with Gasteiger partial charge >= 0.3 is 0 Å². The molecule has 92 valence electrons. The van der Waals surface area contributed by atoms with Crippen LogP contribution in [0.1, 0.15) is 38.8 Å². The van der Waals surface area contributed by atoms with Crippen molar-refractivity contribution in [1.82, 2.24) is 5.32 Å². The summed E-state index contributed by atoms with van der Waals surface area (Å²) in [5.74, 6) is 0.994. The van der Waals surface area contributed by atoms with Crippen LogP contribution in [-0.2, 0) is 6.54 Å². The number of hydrogen-bond acceptors (Lipinski definition) is 3. The molecule has 1 aromatic rings. The molecule has 0 radical (unpaired) electrons. The van der Waals surface area contributed by atoms with Gasteiger partial charge in [-0.3, -0.25) is 0 Å². The summed E-state index contributed by atoms with van der Waals surface area (Å²) in [6.45, 7) is 9.31. The summed E-state index contributed by atoms with van der Waals surface area (Å²) in [7, 11) is 0. The van der Waals surface area contributed by atoms with Crippen molar-refractivity contribution in [2.45, 2.75) is 44.7 Å². The molecule has 0 spiro atoms. The number of benzene rings is 1. The number of thioether (sulfide) groups is 1. The fraction of sp³-hybridized carbons (Fsp3) is 0.500. The lowest BCUT2D eigenvalue weighted by molar-refractivity contribution is 0.424. The molecule has 1 aromatic carbocycles. The Morgan fingerprint density at radius 3 is 2.59 bits per heavy atom. The van der Waals surface area contributed by atoms with Gasteiger partial charge in [0, 0.05) is 17.0 Å². The van der Waals surface area contributed by atoms with Crippen molar-refractivity contribution in [1.29, 1.82) is 5.26 Å². The summed E-state index contributed by atoms with van der Waals surface area (Å²) < 4.78 is 0. The number of nitrogens with zero attached hydrogens (tertiary/aromatic N) is 1. The minimum absolute atomic E-state index is 0.101. The molecule has 1 N–H and O–H groups in total. The highest BCUT2D eigenvalue weighted by Crippen LogP contribution is 2.23. The van der Waals surface area contributed by atoms with Crippen LogP contribution in [0.2, 0.25) is 0 Å². The first kappa shape index (κ1) is 14.1. The van der Waals surface area contributed by atoms with E-state index >= 15 is 0 Å². The lowest BCUT2D eigenvalue weighted by atomic mass is 10.1. The maximum Gasteiger partial charge on any atom is 0.100 e. The highest BCUT2D eigenvalue weighted by molar-refractivity contribution is 7.99. The van der Waals surface area contributed by atoms with Crippen LogP contribution in [0.5, 0.6) is 0 Å². The SMILES string of the molecule is CCSc1ccc(CNC(C)(C)C)cc1C#N. The molecule has 1 rings (SSSR count). The maximum atomic E-state index is 9.11. The molecule has 0 atom stereocenters. The topological polar surface area (TPSA) is 35.8 Å². The lowest BCUT2D eigenvalue weighted by Crippen LogP contribution is -2.35. The van der Waals surface area contributed by atoms with Gasteiger partial charge in [-0.15, -0.1) is 11.8 Å². The molecule has 0 aliphatic rings. The van der Waals surface area contributed by atoms with Gasteiger partial charge in [-0.2, -0.15) is 5.26 Å². The fourth-order valence-corrected chi connectivity index (χ4v) is 2.16. The minimum Gasteiger partial charge on any atom is -0.308 e. The van der Waals surface area contributed by atoms with Gasteiger partial charge in [0.2, 0.25) is 0 Å². The molecule has 0 unspecified atom stereocenters. The van der Waals surface area contributed by atoms with Gasteiger partial charge in [-0.25, -0.2) is 0 Å². The Morgan fingerprint density at radius 1 is 1.35 bits per heavy atom. The second-order valence-electron chi connectivity index (χ2n) is 4.98. The smallest absolute Gasteiger partial charge is 0.100 e. The summed E-state index contributed by atoms with van der Waals surface area (Å²) in [5.41, 5.74) is 2.05. The van der Waals surface area contributed by atoms with E-state index in [4.69, 9.17) is 5.26 Å². The summed E-state index contributed by atoms with van der Waals surface area (Å²) in [6.07, 6.45) is 0. The number of nitriles is 1. The fourth-order valence-electron chi connectivity index (χ4n) is 1.42. The molecule has 0 aliphatic heterocycles. The molecule has 0 fully saturated rings. The van der Waals surface area contributed by atoms with Gasteiger partial charge < -0.3 is 5.32 Å². The van der Waals surface area contributed by atoms with Gasteiger partial charge in [0.15, 0.2) is 0 Å². The zero-order chi connectivity index (χ0) is 12.9. The monoisotopic (exact) mass is 248 g/mol. The van der Waals surface area contributed by atoms with Crippen LogP contribution in [-0.4, -0.2) is 11.3 Å². The van der Waals surface area contributed by atoms with Crippen LogP contribution in [0.25, 0.3) is 0 Å². The molecular weight excluding hydrogens is 228 g/mol. The Balaban J connectivity index is 2.80. The van der Waals surface area contributed by atoms with E-state index in [9.17, 15) is 0 Å². The maximum absolute atomic E-state index is 9.11. The normalized spacial score (nSPS) is 11.2. The molecule has 0 saturated carbocycles. The highest BCUT2D eigenvalue weighted by Gasteiger charge is 2.09. The number of hydrogen-bond donors (Lipinski definition) is 1. The zero-order valence-corrected chi connectivity index (χ0v) is 11.8. The second-order valence-corrected chi connectivity index (χ2v) is 6.28. The highest BCUT2D eigenvalue weighted by atomic mass is 32.2.